The average Bonchev–Trinajstić information content (AvgIpc) is 3.26. The Balaban J connectivity index is 1.38. The van der Waals surface area contributed by atoms with Crippen molar-refractivity contribution < 1.29 is 14.3 Å². The first-order valence-corrected chi connectivity index (χ1v) is 8.97. The molecule has 0 atom stereocenters. The lowest BCUT2D eigenvalue weighted by atomic mass is 10.1. The molecule has 0 aliphatic carbocycles. The van der Waals surface area contributed by atoms with Crippen molar-refractivity contribution >= 4 is 22.9 Å². The second-order valence-corrected chi connectivity index (χ2v) is 6.53. The predicted molar refractivity (Wildman–Crippen MR) is 100 cm³/mol. The van der Waals surface area contributed by atoms with Gasteiger partial charge in [-0.15, -0.1) is 0 Å². The molecule has 0 saturated carbocycles. The molecule has 0 unspecified atom stereocenters. The van der Waals surface area contributed by atoms with Crippen molar-refractivity contribution in [3.63, 3.8) is 0 Å². The lowest BCUT2D eigenvalue weighted by Crippen LogP contribution is -2.27. The number of nitrogens with zero attached hydrogens (tertiary/aromatic N) is 3. The molecule has 1 aromatic heterocycles. The maximum Gasteiger partial charge on any atom is 0.338 e. The highest BCUT2D eigenvalue weighted by molar-refractivity contribution is 5.94. The minimum atomic E-state index is -0.417. The van der Waals surface area contributed by atoms with Crippen LogP contribution in [-0.2, 0) is 11.3 Å². The average molecular weight is 361 g/mol. The quantitative estimate of drug-likeness (QED) is 0.667. The highest BCUT2D eigenvalue weighted by Crippen LogP contribution is 2.15. The molecule has 0 spiro atoms. The molecule has 1 aliphatic heterocycles. The zero-order valence-corrected chi connectivity index (χ0v) is 14.8. The summed E-state index contributed by atoms with van der Waals surface area (Å²) in [6, 6.07) is 12.3. The summed E-state index contributed by atoms with van der Waals surface area (Å²) in [6.07, 6.45) is 5.33. The van der Waals surface area contributed by atoms with E-state index in [1.165, 1.54) is 0 Å². The molecule has 0 N–H and O–H groups in total. The van der Waals surface area contributed by atoms with Crippen molar-refractivity contribution in [2.75, 3.05) is 13.1 Å². The molecule has 2 aromatic carbocycles. The van der Waals surface area contributed by atoms with E-state index < -0.39 is 5.97 Å². The largest absolute Gasteiger partial charge is 0.457 e. The van der Waals surface area contributed by atoms with Crippen LogP contribution < -0.4 is 0 Å². The van der Waals surface area contributed by atoms with Crippen molar-refractivity contribution in [2.45, 2.75) is 19.4 Å². The van der Waals surface area contributed by atoms with E-state index in [1.807, 2.05) is 17.0 Å². The van der Waals surface area contributed by atoms with Gasteiger partial charge in [0.15, 0.2) is 0 Å². The van der Waals surface area contributed by atoms with Gasteiger partial charge in [-0.3, -0.25) is 14.8 Å². The number of hydrogen-bond acceptors (Lipinski definition) is 5. The van der Waals surface area contributed by atoms with E-state index in [9.17, 15) is 9.59 Å². The summed E-state index contributed by atoms with van der Waals surface area (Å²) in [5.74, 6) is -0.354. The minimum absolute atomic E-state index is 0.0633. The fourth-order valence-corrected chi connectivity index (χ4v) is 3.17. The fraction of sp³-hybridized carbons (Fsp3) is 0.238. The first-order valence-electron chi connectivity index (χ1n) is 8.97. The van der Waals surface area contributed by atoms with Crippen LogP contribution in [0.4, 0.5) is 0 Å². The first kappa shape index (κ1) is 17.1. The fourth-order valence-electron chi connectivity index (χ4n) is 3.17. The number of aromatic nitrogens is 2. The van der Waals surface area contributed by atoms with Gasteiger partial charge in [0.25, 0.3) is 5.91 Å². The summed E-state index contributed by atoms with van der Waals surface area (Å²) < 4.78 is 5.38. The summed E-state index contributed by atoms with van der Waals surface area (Å²) in [5.41, 5.74) is 3.31. The molecule has 1 saturated heterocycles. The van der Waals surface area contributed by atoms with Gasteiger partial charge in [-0.2, -0.15) is 0 Å². The van der Waals surface area contributed by atoms with Gasteiger partial charge in [0.1, 0.15) is 6.61 Å². The van der Waals surface area contributed by atoms with E-state index in [-0.39, 0.29) is 12.5 Å². The van der Waals surface area contributed by atoms with Crippen LogP contribution in [0.25, 0.3) is 11.0 Å². The molecule has 27 heavy (non-hydrogen) atoms. The van der Waals surface area contributed by atoms with Crippen LogP contribution in [0.5, 0.6) is 0 Å². The first-order chi connectivity index (χ1) is 13.2. The maximum absolute atomic E-state index is 12.3. The summed E-state index contributed by atoms with van der Waals surface area (Å²) in [7, 11) is 0. The van der Waals surface area contributed by atoms with Crippen LogP contribution in [0.1, 0.15) is 39.1 Å². The van der Waals surface area contributed by atoms with Crippen molar-refractivity contribution in [1.82, 2.24) is 14.9 Å². The lowest BCUT2D eigenvalue weighted by molar-refractivity contribution is 0.0472. The second kappa shape index (κ2) is 7.53. The van der Waals surface area contributed by atoms with E-state index in [0.29, 0.717) is 16.6 Å². The molecule has 4 rings (SSSR count). The summed E-state index contributed by atoms with van der Waals surface area (Å²) in [4.78, 5) is 34.9. The van der Waals surface area contributed by atoms with Crippen LogP contribution in [0.15, 0.2) is 54.9 Å². The molecular formula is C21H19N3O3. The number of ether oxygens (including phenoxy) is 1. The number of amides is 1. The van der Waals surface area contributed by atoms with Gasteiger partial charge in [0.05, 0.1) is 16.6 Å². The monoisotopic (exact) mass is 361 g/mol. The maximum atomic E-state index is 12.3. The molecule has 1 amide bonds. The van der Waals surface area contributed by atoms with Crippen molar-refractivity contribution in [1.29, 1.82) is 0 Å². The van der Waals surface area contributed by atoms with Gasteiger partial charge in [-0.25, -0.2) is 4.79 Å². The van der Waals surface area contributed by atoms with Crippen LogP contribution in [0.2, 0.25) is 0 Å². The van der Waals surface area contributed by atoms with Crippen molar-refractivity contribution in [3.05, 3.63) is 71.5 Å². The predicted octanol–water partition coefficient (Wildman–Crippen LogP) is 3.22. The van der Waals surface area contributed by atoms with E-state index in [0.717, 1.165) is 37.0 Å². The second-order valence-electron chi connectivity index (χ2n) is 6.53. The number of carbonyl (C=O) groups excluding carboxylic acids is 2. The Kier molecular flexibility index (Phi) is 4.78. The molecule has 6 nitrogen and oxygen atoms in total. The van der Waals surface area contributed by atoms with Gasteiger partial charge in [-0.05, 0) is 48.7 Å². The minimum Gasteiger partial charge on any atom is -0.457 e. The van der Waals surface area contributed by atoms with E-state index in [4.69, 9.17) is 4.74 Å². The molecule has 136 valence electrons. The molecule has 0 radical (unpaired) electrons. The third kappa shape index (κ3) is 3.79. The van der Waals surface area contributed by atoms with Crippen LogP contribution in [0.3, 0.4) is 0 Å². The van der Waals surface area contributed by atoms with E-state index >= 15 is 0 Å². The topological polar surface area (TPSA) is 72.4 Å². The number of carbonyl (C=O) groups is 2. The third-order valence-electron chi connectivity index (χ3n) is 4.67. The van der Waals surface area contributed by atoms with E-state index in [2.05, 4.69) is 9.97 Å². The molecule has 2 heterocycles. The normalized spacial score (nSPS) is 13.7. The summed E-state index contributed by atoms with van der Waals surface area (Å²) in [6.45, 7) is 1.80. The van der Waals surface area contributed by atoms with Gasteiger partial charge < -0.3 is 9.64 Å². The number of likely N-dealkylation sites (tertiary alicyclic amines) is 1. The highest BCUT2D eigenvalue weighted by atomic mass is 16.5. The molecule has 3 aromatic rings. The van der Waals surface area contributed by atoms with Crippen molar-refractivity contribution in [2.24, 2.45) is 0 Å². The van der Waals surface area contributed by atoms with Gasteiger partial charge in [0, 0.05) is 31.0 Å². The summed E-state index contributed by atoms with van der Waals surface area (Å²) >= 11 is 0. The number of rotatable bonds is 4. The Morgan fingerprint density at radius 3 is 2.30 bits per heavy atom. The number of benzene rings is 2. The molecule has 6 heteroatoms. The van der Waals surface area contributed by atoms with Crippen LogP contribution in [0, 0.1) is 0 Å². The molecular weight excluding hydrogens is 342 g/mol. The smallest absolute Gasteiger partial charge is 0.338 e. The molecule has 1 aliphatic rings. The lowest BCUT2D eigenvalue weighted by Gasteiger charge is -2.15. The Morgan fingerprint density at radius 1 is 0.889 bits per heavy atom. The Labute approximate surface area is 156 Å². The number of hydrogen-bond donors (Lipinski definition) is 0. The zero-order valence-electron chi connectivity index (χ0n) is 14.8. The zero-order chi connectivity index (χ0) is 18.6. The van der Waals surface area contributed by atoms with Gasteiger partial charge in [-0.1, -0.05) is 12.1 Å². The highest BCUT2D eigenvalue weighted by Gasteiger charge is 2.19. The van der Waals surface area contributed by atoms with Gasteiger partial charge >= 0.3 is 5.97 Å². The van der Waals surface area contributed by atoms with E-state index in [1.54, 1.807) is 42.7 Å². The van der Waals surface area contributed by atoms with Crippen LogP contribution in [-0.4, -0.2) is 39.8 Å². The standard InChI is InChI=1S/C21H19N3O3/c25-20(24-11-1-2-12-24)16-5-3-15(4-6-16)14-27-21(26)17-7-8-18-19(13-17)23-10-9-22-18/h3-10,13H,1-2,11-12,14H2. The van der Waals surface area contributed by atoms with Crippen LogP contribution >= 0.6 is 0 Å². The summed E-state index contributed by atoms with van der Waals surface area (Å²) in [5, 5.41) is 0. The Hall–Kier alpha value is -3.28. The SMILES string of the molecule is O=C(OCc1ccc(C(=O)N2CCCC2)cc1)c1ccc2nccnc2c1. The van der Waals surface area contributed by atoms with Gasteiger partial charge in [0.2, 0.25) is 0 Å². The Morgan fingerprint density at radius 2 is 1.56 bits per heavy atom. The number of fused-ring (bicyclic) bond motifs is 1. The molecule has 1 fully saturated rings. The Bertz CT molecular complexity index is 979. The number of esters is 1. The molecule has 0 bridgehead atoms. The third-order valence-corrected chi connectivity index (χ3v) is 4.67. The van der Waals surface area contributed by atoms with Crippen molar-refractivity contribution in [3.8, 4) is 0 Å².